The first-order valence-electron chi connectivity index (χ1n) is 9.80. The number of aromatic amines is 1. The van der Waals surface area contributed by atoms with E-state index in [1.54, 1.807) is 13.8 Å². The topological polar surface area (TPSA) is 137 Å². The number of carbonyl (C=O) groups excluding carboxylic acids is 3. The highest BCUT2D eigenvalue weighted by molar-refractivity contribution is 5.87. The van der Waals surface area contributed by atoms with Crippen LogP contribution in [0, 0.1) is 0 Å². The molecule has 1 aromatic heterocycles. The molecule has 2 N–H and O–H groups in total. The Morgan fingerprint density at radius 1 is 1.26 bits per heavy atom. The zero-order chi connectivity index (χ0) is 24.6. The maximum atomic E-state index is 13.0. The lowest BCUT2D eigenvalue weighted by atomic mass is 10.1. The molecular formula is C20H34FN3O7. The molecule has 2 rings (SSSR count). The third-order valence-corrected chi connectivity index (χ3v) is 3.50. The van der Waals surface area contributed by atoms with E-state index in [4.69, 9.17) is 9.47 Å². The summed E-state index contributed by atoms with van der Waals surface area (Å²) in [6, 6.07) is 1.50. The second-order valence-electron chi connectivity index (χ2n) is 6.11. The number of amides is 1. The highest BCUT2D eigenvalue weighted by Crippen LogP contribution is 2.26. The van der Waals surface area contributed by atoms with Crippen LogP contribution < -0.4 is 11.0 Å². The van der Waals surface area contributed by atoms with E-state index in [1.165, 1.54) is 40.1 Å². The number of methoxy groups -OCH3 is 1. The van der Waals surface area contributed by atoms with E-state index in [2.05, 4.69) is 20.0 Å². The van der Waals surface area contributed by atoms with Crippen molar-refractivity contribution in [3.05, 3.63) is 22.7 Å². The van der Waals surface area contributed by atoms with Gasteiger partial charge in [-0.15, -0.1) is 0 Å². The molecule has 31 heavy (non-hydrogen) atoms. The van der Waals surface area contributed by atoms with Crippen LogP contribution in [0.1, 0.15) is 54.9 Å². The van der Waals surface area contributed by atoms with Gasteiger partial charge in [-0.3, -0.25) is 19.4 Å². The number of halogens is 1. The minimum atomic E-state index is -0.942. The molecule has 1 amide bonds. The highest BCUT2D eigenvalue weighted by atomic mass is 19.1. The number of rotatable bonds is 3. The Morgan fingerprint density at radius 2 is 1.81 bits per heavy atom. The molecule has 1 aromatic rings. The van der Waals surface area contributed by atoms with Gasteiger partial charge >= 0.3 is 17.6 Å². The van der Waals surface area contributed by atoms with Crippen molar-refractivity contribution >= 4 is 23.7 Å². The van der Waals surface area contributed by atoms with Gasteiger partial charge in [0, 0.05) is 33.4 Å². The predicted molar refractivity (Wildman–Crippen MR) is 113 cm³/mol. The molecule has 1 aliphatic rings. The minimum Gasteiger partial charge on any atom is -0.469 e. The van der Waals surface area contributed by atoms with Crippen molar-refractivity contribution in [3.8, 4) is 0 Å². The highest BCUT2D eigenvalue weighted by Gasteiger charge is 2.36. The van der Waals surface area contributed by atoms with Gasteiger partial charge in [0.1, 0.15) is 18.1 Å². The van der Waals surface area contributed by atoms with E-state index < -0.39 is 11.9 Å². The fourth-order valence-corrected chi connectivity index (χ4v) is 2.10. The summed E-state index contributed by atoms with van der Waals surface area (Å²) in [4.78, 5) is 46.9. The Bertz CT molecular complexity index is 717. The molecule has 0 radical (unpaired) electrons. The number of hydrogen-bond acceptors (Lipinski definition) is 8. The second-order valence-corrected chi connectivity index (χ2v) is 6.11. The zero-order valence-electron chi connectivity index (χ0n) is 19.4. The van der Waals surface area contributed by atoms with E-state index >= 15 is 0 Å². The fourth-order valence-electron chi connectivity index (χ4n) is 2.10. The molecule has 10 nitrogen and oxygen atoms in total. The number of esters is 2. The Kier molecular flexibility index (Phi) is 16.6. The van der Waals surface area contributed by atoms with Gasteiger partial charge in [-0.25, -0.2) is 14.2 Å². The summed E-state index contributed by atoms with van der Waals surface area (Å²) >= 11 is 0. The molecule has 178 valence electrons. The average molecular weight is 448 g/mol. The van der Waals surface area contributed by atoms with Gasteiger partial charge < -0.3 is 19.5 Å². The second kappa shape index (κ2) is 16.9. The van der Waals surface area contributed by atoms with E-state index in [9.17, 15) is 23.6 Å². The molecule has 0 aromatic carbocycles. The van der Waals surface area contributed by atoms with Crippen molar-refractivity contribution in [1.29, 1.82) is 0 Å². The van der Waals surface area contributed by atoms with Crippen LogP contribution in [0.5, 0.6) is 0 Å². The smallest absolute Gasteiger partial charge is 0.346 e. The van der Waals surface area contributed by atoms with Gasteiger partial charge in [-0.05, 0) is 19.9 Å². The quantitative estimate of drug-likeness (QED) is 0.674. The van der Waals surface area contributed by atoms with Crippen LogP contribution in [0.3, 0.4) is 0 Å². The molecule has 1 aliphatic heterocycles. The third-order valence-electron chi connectivity index (χ3n) is 3.50. The van der Waals surface area contributed by atoms with E-state index in [0.717, 1.165) is 0 Å². The van der Waals surface area contributed by atoms with E-state index in [1.807, 2.05) is 13.8 Å². The largest absolute Gasteiger partial charge is 0.469 e. The zero-order valence-corrected chi connectivity index (χ0v) is 19.4. The van der Waals surface area contributed by atoms with Crippen LogP contribution in [-0.2, 0) is 28.6 Å². The summed E-state index contributed by atoms with van der Waals surface area (Å²) in [5, 5.41) is 2.41. The minimum absolute atomic E-state index is 0.230. The standard InChI is InChI=1S/C9H15FO3.C6H7N3O2.C3H6O2.C2H6/c1-5-8(10)4-9(13-5)6(2)12-7(3)11;1-4(10)8-5-2-3-7-6(11)9-5;1-3(4)5-2;1-2/h5-6,8-9H,4H2,1-3H3;2-3H,1H3,(H2,7,8,9,10,11);1-2H3;1-2H3/t5-,6-,8-,9?;;;/m0.../s1. The molecule has 0 bridgehead atoms. The number of ether oxygens (including phenoxy) is 3. The first-order chi connectivity index (χ1) is 14.5. The number of aromatic nitrogens is 2. The van der Waals surface area contributed by atoms with Crippen molar-refractivity contribution in [2.45, 2.75) is 79.4 Å². The summed E-state index contributed by atoms with van der Waals surface area (Å²) < 4.78 is 27.3. The predicted octanol–water partition coefficient (Wildman–Crippen LogP) is 2.39. The van der Waals surface area contributed by atoms with Crippen LogP contribution in [0.4, 0.5) is 10.2 Å². The lowest BCUT2D eigenvalue weighted by molar-refractivity contribution is -0.152. The van der Waals surface area contributed by atoms with Crippen LogP contribution in [0.15, 0.2) is 17.1 Å². The lowest BCUT2D eigenvalue weighted by Crippen LogP contribution is -2.27. The summed E-state index contributed by atoms with van der Waals surface area (Å²) in [5.74, 6) is -0.472. The van der Waals surface area contributed by atoms with Crippen LogP contribution in [0.25, 0.3) is 0 Å². The summed E-state index contributed by atoms with van der Waals surface area (Å²) in [5.41, 5.74) is -0.476. The molecule has 1 unspecified atom stereocenters. The molecular weight excluding hydrogens is 413 g/mol. The average Bonchev–Trinajstić information content (AvgIpc) is 3.02. The maximum Gasteiger partial charge on any atom is 0.346 e. The first kappa shape index (κ1) is 30.4. The number of anilines is 1. The van der Waals surface area contributed by atoms with E-state index in [0.29, 0.717) is 12.2 Å². The number of H-pyrrole nitrogens is 1. The van der Waals surface area contributed by atoms with E-state index in [-0.39, 0.29) is 36.2 Å². The molecule has 2 heterocycles. The van der Waals surface area contributed by atoms with Crippen LogP contribution in [-0.4, -0.2) is 59.4 Å². The SMILES string of the molecule is CC.CC(=O)Nc1ccnc(=O)[nH]1.CC(=O)O[C@@H](C)C1C[C@H](F)[C@H](C)O1.COC(C)=O. The van der Waals surface area contributed by atoms with Gasteiger partial charge in [0.2, 0.25) is 5.91 Å². The van der Waals surface area contributed by atoms with Crippen molar-refractivity contribution in [1.82, 2.24) is 9.97 Å². The first-order valence-corrected chi connectivity index (χ1v) is 9.80. The van der Waals surface area contributed by atoms with Gasteiger partial charge in [0.05, 0.1) is 19.3 Å². The summed E-state index contributed by atoms with van der Waals surface area (Å²) in [7, 11) is 1.35. The van der Waals surface area contributed by atoms with Crippen molar-refractivity contribution in [2.75, 3.05) is 12.4 Å². The monoisotopic (exact) mass is 447 g/mol. The molecule has 0 spiro atoms. The normalized spacial score (nSPS) is 19.6. The fraction of sp³-hybridized carbons (Fsp3) is 0.650. The Balaban J connectivity index is 0. The van der Waals surface area contributed by atoms with Crippen molar-refractivity contribution in [3.63, 3.8) is 0 Å². The Hall–Kier alpha value is -2.82. The molecule has 4 atom stereocenters. The number of alkyl halides is 1. The number of nitrogens with one attached hydrogen (secondary N) is 2. The maximum absolute atomic E-state index is 13.0. The lowest BCUT2D eigenvalue weighted by Gasteiger charge is -2.18. The van der Waals surface area contributed by atoms with Gasteiger partial charge in [-0.2, -0.15) is 0 Å². The molecule has 0 aliphatic carbocycles. The Morgan fingerprint density at radius 3 is 2.16 bits per heavy atom. The van der Waals surface area contributed by atoms with Crippen molar-refractivity contribution < 1.29 is 33.0 Å². The van der Waals surface area contributed by atoms with Crippen LogP contribution in [0.2, 0.25) is 0 Å². The molecule has 1 fully saturated rings. The number of carbonyl (C=O) groups is 3. The van der Waals surface area contributed by atoms with Crippen LogP contribution >= 0.6 is 0 Å². The molecule has 0 saturated carbocycles. The number of hydrogen-bond donors (Lipinski definition) is 2. The summed E-state index contributed by atoms with van der Waals surface area (Å²) in [6.45, 7) is 11.5. The summed E-state index contributed by atoms with van der Waals surface area (Å²) in [6.07, 6.45) is -0.347. The third kappa shape index (κ3) is 15.7. The van der Waals surface area contributed by atoms with Gasteiger partial charge in [0.15, 0.2) is 0 Å². The van der Waals surface area contributed by atoms with Crippen molar-refractivity contribution in [2.24, 2.45) is 0 Å². The molecule has 11 heteroatoms. The van der Waals surface area contributed by atoms with Gasteiger partial charge in [-0.1, -0.05) is 13.8 Å². The molecule has 1 saturated heterocycles. The number of nitrogens with zero attached hydrogens (tertiary/aromatic N) is 1. The Labute approximate surface area is 181 Å². The van der Waals surface area contributed by atoms with Gasteiger partial charge in [0.25, 0.3) is 0 Å².